The van der Waals surface area contributed by atoms with Crippen LogP contribution in [0.25, 0.3) is 0 Å². The molecule has 0 saturated heterocycles. The molecule has 8 heteroatoms. The summed E-state index contributed by atoms with van der Waals surface area (Å²) in [5, 5.41) is 12.4. The molecule has 3 aromatic rings. The van der Waals surface area contributed by atoms with Gasteiger partial charge in [-0.05, 0) is 86.6 Å². The predicted octanol–water partition coefficient (Wildman–Crippen LogP) is 3.67. The zero-order chi connectivity index (χ0) is 25.1. The third-order valence-electron chi connectivity index (χ3n) is 6.05. The molecule has 0 aromatic heterocycles. The van der Waals surface area contributed by atoms with Gasteiger partial charge in [0.2, 0.25) is 0 Å². The molecule has 0 saturated carbocycles. The lowest BCUT2D eigenvalue weighted by atomic mass is 10.1. The van der Waals surface area contributed by atoms with E-state index >= 15 is 0 Å². The van der Waals surface area contributed by atoms with Crippen molar-refractivity contribution in [1.82, 2.24) is 10.6 Å². The van der Waals surface area contributed by atoms with Gasteiger partial charge in [0.15, 0.2) is 0 Å². The van der Waals surface area contributed by atoms with E-state index in [4.69, 9.17) is 0 Å². The summed E-state index contributed by atoms with van der Waals surface area (Å²) >= 11 is 0. The summed E-state index contributed by atoms with van der Waals surface area (Å²) < 4.78 is 0. The largest absolute Gasteiger partial charge is 0.366 e. The maximum absolute atomic E-state index is 12.7. The van der Waals surface area contributed by atoms with Crippen LogP contribution in [0.15, 0.2) is 82.8 Å². The van der Waals surface area contributed by atoms with Crippen molar-refractivity contribution in [3.8, 4) is 0 Å². The Kier molecular flexibility index (Phi) is 6.49. The van der Waals surface area contributed by atoms with Crippen molar-refractivity contribution in [3.05, 3.63) is 95.1 Å². The van der Waals surface area contributed by atoms with Gasteiger partial charge in [0.1, 0.15) is 11.7 Å². The fourth-order valence-corrected chi connectivity index (χ4v) is 4.06. The molecule has 36 heavy (non-hydrogen) atoms. The number of hydrogen-bond acceptors (Lipinski definition) is 6. The van der Waals surface area contributed by atoms with E-state index in [0.717, 1.165) is 35.9 Å². The van der Waals surface area contributed by atoms with E-state index in [-0.39, 0.29) is 11.8 Å². The predicted molar refractivity (Wildman–Crippen MR) is 143 cm³/mol. The van der Waals surface area contributed by atoms with Crippen molar-refractivity contribution < 1.29 is 9.59 Å². The molecule has 0 radical (unpaired) electrons. The lowest BCUT2D eigenvalue weighted by molar-refractivity contribution is 0.101. The van der Waals surface area contributed by atoms with Gasteiger partial charge in [0.25, 0.3) is 11.8 Å². The molecule has 2 heterocycles. The Labute approximate surface area is 209 Å². The lowest BCUT2D eigenvalue weighted by Crippen LogP contribution is -2.27. The number of benzene rings is 3. The van der Waals surface area contributed by atoms with Gasteiger partial charge in [-0.15, -0.1) is 0 Å². The molecule has 2 aliphatic rings. The maximum Gasteiger partial charge on any atom is 0.255 e. The third kappa shape index (κ3) is 5.27. The summed E-state index contributed by atoms with van der Waals surface area (Å²) in [4.78, 5) is 34.3. The highest BCUT2D eigenvalue weighted by Gasteiger charge is 2.16. The topological polar surface area (TPSA) is 107 Å². The van der Waals surface area contributed by atoms with Crippen molar-refractivity contribution in [2.75, 3.05) is 23.7 Å². The first-order valence-electron chi connectivity index (χ1n) is 12.0. The minimum atomic E-state index is -0.243. The molecule has 2 amide bonds. The number of carbonyl (C=O) groups is 2. The summed E-state index contributed by atoms with van der Waals surface area (Å²) in [7, 11) is 0. The van der Waals surface area contributed by atoms with Crippen molar-refractivity contribution >= 4 is 34.9 Å². The Hall–Kier alpha value is -4.46. The van der Waals surface area contributed by atoms with E-state index in [9.17, 15) is 9.59 Å². The molecular formula is C28H28N6O2. The molecule has 0 unspecified atom stereocenters. The van der Waals surface area contributed by atoms with E-state index < -0.39 is 0 Å². The molecule has 182 valence electrons. The molecule has 8 nitrogen and oxygen atoms in total. The van der Waals surface area contributed by atoms with Crippen LogP contribution in [0.5, 0.6) is 0 Å². The van der Waals surface area contributed by atoms with Gasteiger partial charge in [-0.25, -0.2) is 0 Å². The average molecular weight is 481 g/mol. The average Bonchev–Trinajstić information content (AvgIpc) is 3.53. The smallest absolute Gasteiger partial charge is 0.255 e. The summed E-state index contributed by atoms with van der Waals surface area (Å²) in [6.07, 6.45) is 0. The molecule has 0 fully saturated rings. The lowest BCUT2D eigenvalue weighted by Gasteiger charge is -2.10. The van der Waals surface area contributed by atoms with Crippen LogP contribution in [-0.4, -0.2) is 48.7 Å². The van der Waals surface area contributed by atoms with Crippen molar-refractivity contribution in [2.24, 2.45) is 9.98 Å². The van der Waals surface area contributed by atoms with E-state index in [1.54, 1.807) is 24.3 Å². The summed E-state index contributed by atoms with van der Waals surface area (Å²) in [5.74, 6) is 1.26. The number of anilines is 2. The zero-order valence-electron chi connectivity index (χ0n) is 20.2. The first-order chi connectivity index (χ1) is 17.4. The first-order valence-corrected chi connectivity index (χ1v) is 12.0. The van der Waals surface area contributed by atoms with Gasteiger partial charge in [-0.1, -0.05) is 0 Å². The molecule has 5 rings (SSSR count). The minimum Gasteiger partial charge on any atom is -0.366 e. The number of amidine groups is 2. The number of carbonyl (C=O) groups excluding carboxylic acids is 2. The van der Waals surface area contributed by atoms with Crippen molar-refractivity contribution in [3.63, 3.8) is 0 Å². The molecule has 2 atom stereocenters. The molecule has 0 aliphatic carbocycles. The van der Waals surface area contributed by atoms with Gasteiger partial charge in [-0.3, -0.25) is 19.6 Å². The Bertz CT molecular complexity index is 1220. The Balaban J connectivity index is 1.16. The van der Waals surface area contributed by atoms with Crippen LogP contribution in [0.4, 0.5) is 11.4 Å². The summed E-state index contributed by atoms with van der Waals surface area (Å²) in [6.45, 7) is 5.70. The molecule has 3 aromatic carbocycles. The number of amides is 2. The number of nitrogens with zero attached hydrogens (tertiary/aromatic N) is 2. The summed E-state index contributed by atoms with van der Waals surface area (Å²) in [6, 6.07) is 22.4. The number of hydrogen-bond donors (Lipinski definition) is 4. The van der Waals surface area contributed by atoms with Crippen LogP contribution in [-0.2, 0) is 0 Å². The van der Waals surface area contributed by atoms with E-state index in [2.05, 4.69) is 45.1 Å². The van der Waals surface area contributed by atoms with Gasteiger partial charge in [-0.2, -0.15) is 0 Å². The molecule has 2 aliphatic heterocycles. The second-order valence-corrected chi connectivity index (χ2v) is 9.11. The standard InChI is InChI=1S/C28H28N6O2/c1-17-15-29-25(31-17)19-7-11-23(12-8-19)33-27(35)21-3-5-22(6-4-21)28(36)34-24-13-9-20(10-14-24)26-30-16-18(2)32-26/h3-14,17-18H,15-16H2,1-2H3,(H,29,31)(H,30,32)(H,33,35)(H,34,36)/t17-,18-/m0/s1. The van der Waals surface area contributed by atoms with Crippen LogP contribution in [0, 0.1) is 0 Å². The summed E-state index contributed by atoms with van der Waals surface area (Å²) in [5.41, 5.74) is 4.29. The normalized spacial score (nSPS) is 18.5. The maximum atomic E-state index is 12.7. The molecular weight excluding hydrogens is 452 g/mol. The Morgan fingerprint density at radius 3 is 1.31 bits per heavy atom. The van der Waals surface area contributed by atoms with E-state index in [1.807, 2.05) is 48.5 Å². The Morgan fingerprint density at radius 1 is 0.639 bits per heavy atom. The highest BCUT2D eigenvalue weighted by atomic mass is 16.2. The number of rotatable bonds is 6. The van der Waals surface area contributed by atoms with Crippen molar-refractivity contribution in [2.45, 2.75) is 25.9 Å². The fourth-order valence-electron chi connectivity index (χ4n) is 4.06. The fraction of sp³-hybridized carbons (Fsp3) is 0.214. The third-order valence-corrected chi connectivity index (χ3v) is 6.05. The molecule has 0 spiro atoms. The highest BCUT2D eigenvalue weighted by Crippen LogP contribution is 2.16. The zero-order valence-corrected chi connectivity index (χ0v) is 20.2. The van der Waals surface area contributed by atoms with Gasteiger partial charge in [0.05, 0.1) is 13.1 Å². The quantitative estimate of drug-likeness (QED) is 0.432. The Morgan fingerprint density at radius 2 is 1.00 bits per heavy atom. The monoisotopic (exact) mass is 480 g/mol. The van der Waals surface area contributed by atoms with Crippen molar-refractivity contribution in [1.29, 1.82) is 0 Å². The van der Waals surface area contributed by atoms with Crippen LogP contribution in [0.2, 0.25) is 0 Å². The SMILES string of the molecule is C[C@H]1CN=C(c2ccc(NC(=O)c3ccc(C(=O)Nc4ccc(C5=NC[C@H](C)N5)cc4)cc3)cc2)N1. The van der Waals surface area contributed by atoms with E-state index in [0.29, 0.717) is 34.6 Å². The van der Waals surface area contributed by atoms with Crippen LogP contribution in [0.1, 0.15) is 45.7 Å². The highest BCUT2D eigenvalue weighted by molar-refractivity contribution is 6.08. The number of aliphatic imine (C=N–C) groups is 2. The van der Waals surface area contributed by atoms with Crippen LogP contribution >= 0.6 is 0 Å². The molecule has 0 bridgehead atoms. The van der Waals surface area contributed by atoms with Gasteiger partial charge >= 0.3 is 0 Å². The van der Waals surface area contributed by atoms with Crippen LogP contribution in [0.3, 0.4) is 0 Å². The minimum absolute atomic E-state index is 0.243. The molecule has 4 N–H and O–H groups in total. The van der Waals surface area contributed by atoms with Crippen LogP contribution < -0.4 is 21.3 Å². The number of nitrogens with one attached hydrogen (secondary N) is 4. The second kappa shape index (κ2) is 10.0. The van der Waals surface area contributed by atoms with E-state index in [1.165, 1.54) is 0 Å². The van der Waals surface area contributed by atoms with Gasteiger partial charge in [0, 0.05) is 45.7 Å². The second-order valence-electron chi connectivity index (χ2n) is 9.11. The first kappa shape index (κ1) is 23.3. The van der Waals surface area contributed by atoms with Gasteiger partial charge < -0.3 is 21.3 Å².